The summed E-state index contributed by atoms with van der Waals surface area (Å²) in [6.07, 6.45) is 1.20. The summed E-state index contributed by atoms with van der Waals surface area (Å²) in [6.45, 7) is 12.1. The number of carbonyl (C=O) groups excluding carboxylic acids is 2. The fourth-order valence-electron chi connectivity index (χ4n) is 3.17. The zero-order valence-electron chi connectivity index (χ0n) is 15.9. The lowest BCUT2D eigenvalue weighted by Gasteiger charge is -2.14. The van der Waals surface area contributed by atoms with Gasteiger partial charge in [0.25, 0.3) is 0 Å². The van der Waals surface area contributed by atoms with E-state index in [-0.39, 0.29) is 17.7 Å². The average molecular weight is 362 g/mol. The van der Waals surface area contributed by atoms with Gasteiger partial charge in [0.2, 0.25) is 5.91 Å². The molecule has 0 aliphatic rings. The van der Waals surface area contributed by atoms with Gasteiger partial charge in [0.05, 0.1) is 17.3 Å². The number of aryl methyl sites for hydroxylation is 2. The number of Topliss-reactive ketones (excluding diaryl/α,β-unsaturated/α-hetero) is 1. The molecule has 0 aromatic carbocycles. The molecule has 1 atom stereocenters. The highest BCUT2D eigenvalue weighted by atomic mass is 32.1. The highest BCUT2D eigenvalue weighted by Gasteiger charge is 2.20. The Hall–Kier alpha value is -1.95. The number of rotatable bonds is 7. The molecule has 2 aromatic rings. The quantitative estimate of drug-likeness (QED) is 0.765. The number of nitrogens with zero attached hydrogens (tertiary/aromatic N) is 2. The van der Waals surface area contributed by atoms with Crippen molar-refractivity contribution in [2.24, 2.45) is 0 Å². The number of thiophene rings is 1. The van der Waals surface area contributed by atoms with Crippen LogP contribution >= 0.6 is 11.3 Å². The number of nitrogens with one attached hydrogen (secondary N) is 1. The molecule has 2 aromatic heterocycles. The van der Waals surface area contributed by atoms with Crippen LogP contribution in [0, 0.1) is 27.7 Å². The van der Waals surface area contributed by atoms with E-state index in [0.717, 1.165) is 17.8 Å². The van der Waals surface area contributed by atoms with Crippen molar-refractivity contribution in [1.29, 1.82) is 0 Å². The molecular formula is C19H27N3O2S. The molecule has 2 heterocycles. The molecular weight excluding hydrogens is 334 g/mol. The Labute approximate surface area is 153 Å². The largest absolute Gasteiger partial charge is 0.356 e. The van der Waals surface area contributed by atoms with Gasteiger partial charge in [-0.05, 0) is 64.5 Å². The van der Waals surface area contributed by atoms with Crippen molar-refractivity contribution in [2.75, 3.05) is 6.54 Å². The van der Waals surface area contributed by atoms with Crippen molar-refractivity contribution in [3.8, 4) is 0 Å². The van der Waals surface area contributed by atoms with Gasteiger partial charge in [-0.3, -0.25) is 14.3 Å². The van der Waals surface area contributed by atoms with E-state index < -0.39 is 0 Å². The molecule has 0 bridgehead atoms. The molecule has 136 valence electrons. The van der Waals surface area contributed by atoms with Crippen molar-refractivity contribution in [1.82, 2.24) is 15.1 Å². The molecule has 0 unspecified atom stereocenters. The van der Waals surface area contributed by atoms with E-state index in [9.17, 15) is 9.59 Å². The first-order valence-electron chi connectivity index (χ1n) is 8.59. The third kappa shape index (κ3) is 4.37. The lowest BCUT2D eigenvalue weighted by Crippen LogP contribution is -2.28. The van der Waals surface area contributed by atoms with Gasteiger partial charge < -0.3 is 5.32 Å². The van der Waals surface area contributed by atoms with Gasteiger partial charge in [-0.2, -0.15) is 5.10 Å². The Morgan fingerprint density at radius 3 is 2.48 bits per heavy atom. The van der Waals surface area contributed by atoms with Crippen LogP contribution in [0.4, 0.5) is 0 Å². The van der Waals surface area contributed by atoms with Gasteiger partial charge >= 0.3 is 0 Å². The van der Waals surface area contributed by atoms with Crippen LogP contribution < -0.4 is 5.32 Å². The maximum atomic E-state index is 12.2. The van der Waals surface area contributed by atoms with Crippen molar-refractivity contribution in [2.45, 2.75) is 60.4 Å². The normalized spacial score (nSPS) is 12.2. The second-order valence-electron chi connectivity index (χ2n) is 6.64. The molecule has 25 heavy (non-hydrogen) atoms. The third-order valence-corrected chi connectivity index (χ3v) is 5.74. The smallest absolute Gasteiger partial charge is 0.222 e. The summed E-state index contributed by atoms with van der Waals surface area (Å²) in [6, 6.07) is -0.0862. The van der Waals surface area contributed by atoms with E-state index >= 15 is 0 Å². The van der Waals surface area contributed by atoms with Crippen molar-refractivity contribution < 1.29 is 9.59 Å². The molecule has 0 radical (unpaired) electrons. The molecule has 5 nitrogen and oxygen atoms in total. The summed E-state index contributed by atoms with van der Waals surface area (Å²) in [5, 5.41) is 9.60. The van der Waals surface area contributed by atoms with E-state index in [1.54, 1.807) is 22.9 Å². The van der Waals surface area contributed by atoms with Crippen LogP contribution in [0.25, 0.3) is 0 Å². The Morgan fingerprint density at radius 1 is 1.28 bits per heavy atom. The summed E-state index contributed by atoms with van der Waals surface area (Å²) < 4.78 is 1.79. The minimum absolute atomic E-state index is 0.00836. The van der Waals surface area contributed by atoms with Crippen LogP contribution in [0.1, 0.15) is 64.1 Å². The topological polar surface area (TPSA) is 64.0 Å². The zero-order valence-corrected chi connectivity index (χ0v) is 16.7. The molecule has 0 aliphatic carbocycles. The maximum absolute atomic E-state index is 12.2. The van der Waals surface area contributed by atoms with Crippen molar-refractivity contribution >= 4 is 23.0 Å². The minimum Gasteiger partial charge on any atom is -0.356 e. The molecule has 0 aliphatic heterocycles. The van der Waals surface area contributed by atoms with Crippen molar-refractivity contribution in [3.63, 3.8) is 0 Å². The van der Waals surface area contributed by atoms with Gasteiger partial charge in [0, 0.05) is 23.5 Å². The summed E-state index contributed by atoms with van der Waals surface area (Å²) >= 11 is 1.75. The molecule has 0 saturated heterocycles. The van der Waals surface area contributed by atoms with Crippen molar-refractivity contribution in [3.05, 3.63) is 38.3 Å². The minimum atomic E-state index is -0.0862. The fourth-order valence-corrected chi connectivity index (χ4v) is 4.10. The molecule has 2 rings (SSSR count). The van der Waals surface area contributed by atoms with Crippen LogP contribution in [0.5, 0.6) is 0 Å². The predicted octanol–water partition coefficient (Wildman–Crippen LogP) is 3.69. The number of carbonyl (C=O) groups is 2. The second kappa shape index (κ2) is 7.95. The van der Waals surface area contributed by atoms with Gasteiger partial charge in [0.1, 0.15) is 0 Å². The Bertz CT molecular complexity index is 789. The van der Waals surface area contributed by atoms with Crippen LogP contribution in [0.15, 0.2) is 5.38 Å². The second-order valence-corrected chi connectivity index (χ2v) is 7.73. The molecule has 1 amide bonds. The third-order valence-electron chi connectivity index (χ3n) is 4.68. The lowest BCUT2D eigenvalue weighted by atomic mass is 10.1. The maximum Gasteiger partial charge on any atom is 0.222 e. The number of hydrogen-bond donors (Lipinski definition) is 1. The summed E-state index contributed by atoms with van der Waals surface area (Å²) in [5.74, 6) is 0.0216. The number of aromatic nitrogens is 2. The first kappa shape index (κ1) is 19.4. The molecule has 6 heteroatoms. The van der Waals surface area contributed by atoms with Crippen LogP contribution in [-0.4, -0.2) is 28.0 Å². The van der Waals surface area contributed by atoms with Gasteiger partial charge in [-0.1, -0.05) is 0 Å². The Morgan fingerprint density at radius 2 is 1.96 bits per heavy atom. The van der Waals surface area contributed by atoms with E-state index in [2.05, 4.69) is 29.6 Å². The summed E-state index contributed by atoms with van der Waals surface area (Å²) in [7, 11) is 0. The standard InChI is InChI=1S/C19H27N3O2S/c1-11(22-14(4)19(15(5)23)13(3)21-22)9-18(24)20-8-7-17-10-25-16(6)12(17)2/h10-11H,7-9H2,1-6H3,(H,20,24)/t11-/m1/s1. The van der Waals surface area contributed by atoms with Gasteiger partial charge in [-0.25, -0.2) is 0 Å². The highest BCUT2D eigenvalue weighted by Crippen LogP contribution is 2.21. The Kier molecular flexibility index (Phi) is 6.16. The monoisotopic (exact) mass is 361 g/mol. The number of hydrogen-bond acceptors (Lipinski definition) is 4. The van der Waals surface area contributed by atoms with E-state index in [4.69, 9.17) is 0 Å². The molecule has 0 saturated carbocycles. The predicted molar refractivity (Wildman–Crippen MR) is 102 cm³/mol. The molecule has 0 fully saturated rings. The van der Waals surface area contributed by atoms with Gasteiger partial charge in [0.15, 0.2) is 5.78 Å². The fraction of sp³-hybridized carbons (Fsp3) is 0.526. The summed E-state index contributed by atoms with van der Waals surface area (Å²) in [4.78, 5) is 25.3. The van der Waals surface area contributed by atoms with Crippen LogP contribution in [0.3, 0.4) is 0 Å². The lowest BCUT2D eigenvalue weighted by molar-refractivity contribution is -0.121. The SMILES string of the molecule is CC(=O)c1c(C)nn([C@H](C)CC(=O)NCCc2csc(C)c2C)c1C. The van der Waals surface area contributed by atoms with E-state index in [1.807, 2.05) is 20.8 Å². The van der Waals surface area contributed by atoms with Crippen LogP contribution in [-0.2, 0) is 11.2 Å². The highest BCUT2D eigenvalue weighted by molar-refractivity contribution is 7.10. The van der Waals surface area contributed by atoms with Crippen LogP contribution in [0.2, 0.25) is 0 Å². The van der Waals surface area contributed by atoms with Gasteiger partial charge in [-0.15, -0.1) is 11.3 Å². The first-order valence-corrected chi connectivity index (χ1v) is 9.47. The van der Waals surface area contributed by atoms with E-state index in [1.165, 1.54) is 16.0 Å². The first-order chi connectivity index (χ1) is 11.7. The number of amides is 1. The summed E-state index contributed by atoms with van der Waals surface area (Å²) in [5.41, 5.74) is 4.85. The Balaban J connectivity index is 1.91. The average Bonchev–Trinajstić information content (AvgIpc) is 3.00. The van der Waals surface area contributed by atoms with E-state index in [0.29, 0.717) is 18.5 Å². The number of ketones is 1. The molecule has 1 N–H and O–H groups in total. The molecule has 0 spiro atoms. The zero-order chi connectivity index (χ0) is 18.7.